The van der Waals surface area contributed by atoms with Crippen LogP contribution in [-0.2, 0) is 0 Å². The van der Waals surface area contributed by atoms with Crippen molar-refractivity contribution in [3.8, 4) is 0 Å². The molecule has 0 radical (unpaired) electrons. The van der Waals surface area contributed by atoms with E-state index in [9.17, 15) is 10.3 Å². The highest BCUT2D eigenvalue weighted by Crippen LogP contribution is 2.60. The summed E-state index contributed by atoms with van der Waals surface area (Å²) in [6, 6.07) is 0. The third-order valence-electron chi connectivity index (χ3n) is 5.09. The van der Waals surface area contributed by atoms with E-state index in [0.29, 0.717) is 5.71 Å². The molecule has 4 rings (SSSR count). The molecule has 0 aromatic rings. The Balaban J connectivity index is 1.93. The molecule has 4 aliphatic rings. The van der Waals surface area contributed by atoms with E-state index in [2.05, 4.69) is 5.16 Å². The largest absolute Gasteiger partial charge is 0.411 e. The van der Waals surface area contributed by atoms with E-state index < -0.39 is 6.10 Å². The van der Waals surface area contributed by atoms with Gasteiger partial charge in [-0.25, -0.2) is 0 Å². The summed E-state index contributed by atoms with van der Waals surface area (Å²) in [6.45, 7) is 1.73. The minimum absolute atomic E-state index is 0.0394. The van der Waals surface area contributed by atoms with Gasteiger partial charge >= 0.3 is 0 Å². The quantitative estimate of drug-likeness (QED) is 0.429. The van der Waals surface area contributed by atoms with Gasteiger partial charge in [0, 0.05) is 5.41 Å². The van der Waals surface area contributed by atoms with Crippen LogP contribution in [0.2, 0.25) is 0 Å². The number of nitrogens with zero attached hydrogens (tertiary/aromatic N) is 1. The van der Waals surface area contributed by atoms with E-state index in [1.807, 2.05) is 0 Å². The van der Waals surface area contributed by atoms with Gasteiger partial charge in [-0.2, -0.15) is 0 Å². The van der Waals surface area contributed by atoms with Crippen LogP contribution >= 0.6 is 0 Å². The first-order valence-electron chi connectivity index (χ1n) is 6.53. The molecule has 16 heavy (non-hydrogen) atoms. The molecule has 0 aromatic heterocycles. The van der Waals surface area contributed by atoms with Crippen molar-refractivity contribution in [1.82, 2.24) is 0 Å². The Kier molecular flexibility index (Phi) is 2.29. The van der Waals surface area contributed by atoms with Crippen LogP contribution in [0, 0.1) is 23.2 Å². The van der Waals surface area contributed by atoms with Crippen molar-refractivity contribution in [2.45, 2.75) is 51.6 Å². The first-order valence-corrected chi connectivity index (χ1v) is 6.53. The van der Waals surface area contributed by atoms with Crippen LogP contribution in [0.25, 0.3) is 0 Å². The Morgan fingerprint density at radius 2 is 1.56 bits per heavy atom. The lowest BCUT2D eigenvalue weighted by Gasteiger charge is -2.57. The van der Waals surface area contributed by atoms with Crippen LogP contribution in [0.5, 0.6) is 0 Å². The molecule has 3 heteroatoms. The van der Waals surface area contributed by atoms with Crippen LogP contribution in [-0.4, -0.2) is 22.1 Å². The summed E-state index contributed by atoms with van der Waals surface area (Å²) in [5.74, 6) is 2.46. The second kappa shape index (κ2) is 3.46. The van der Waals surface area contributed by atoms with Crippen molar-refractivity contribution in [3.63, 3.8) is 0 Å². The third-order valence-corrected chi connectivity index (χ3v) is 5.09. The lowest BCUT2D eigenvalue weighted by Crippen LogP contribution is -2.52. The molecule has 4 fully saturated rings. The molecule has 0 amide bonds. The zero-order valence-corrected chi connectivity index (χ0v) is 9.89. The van der Waals surface area contributed by atoms with Crippen molar-refractivity contribution in [2.24, 2.45) is 28.3 Å². The molecule has 90 valence electrons. The molecule has 4 saturated carbocycles. The second-order valence-corrected chi connectivity index (χ2v) is 6.36. The maximum absolute atomic E-state index is 9.78. The molecular formula is C13H21NO2. The van der Waals surface area contributed by atoms with Crippen molar-refractivity contribution in [1.29, 1.82) is 0 Å². The zero-order chi connectivity index (χ0) is 11.3. The van der Waals surface area contributed by atoms with E-state index >= 15 is 0 Å². The minimum atomic E-state index is -0.596. The highest BCUT2D eigenvalue weighted by atomic mass is 16.4. The van der Waals surface area contributed by atoms with Gasteiger partial charge in [-0.15, -0.1) is 0 Å². The Morgan fingerprint density at radius 1 is 1.12 bits per heavy atom. The predicted octanol–water partition coefficient (Wildman–Crippen LogP) is 2.41. The first-order chi connectivity index (χ1) is 7.63. The summed E-state index contributed by atoms with van der Waals surface area (Å²) >= 11 is 0. The number of aliphatic hydroxyl groups is 1. The van der Waals surface area contributed by atoms with Gasteiger partial charge in [0.1, 0.15) is 0 Å². The molecule has 1 atom stereocenters. The molecule has 0 aliphatic heterocycles. The summed E-state index contributed by atoms with van der Waals surface area (Å²) in [5, 5.41) is 22.4. The average Bonchev–Trinajstić information content (AvgIpc) is 2.14. The maximum Gasteiger partial charge on any atom is 0.0931 e. The highest BCUT2D eigenvalue weighted by molar-refractivity contribution is 5.93. The second-order valence-electron chi connectivity index (χ2n) is 6.36. The number of aliphatic hydroxyl groups excluding tert-OH is 1. The number of hydrogen-bond acceptors (Lipinski definition) is 3. The highest BCUT2D eigenvalue weighted by Gasteiger charge is 2.54. The van der Waals surface area contributed by atoms with Gasteiger partial charge in [-0.3, -0.25) is 0 Å². The van der Waals surface area contributed by atoms with E-state index in [1.165, 1.54) is 19.3 Å². The van der Waals surface area contributed by atoms with E-state index in [1.54, 1.807) is 6.92 Å². The average molecular weight is 223 g/mol. The van der Waals surface area contributed by atoms with E-state index in [4.69, 9.17) is 0 Å². The van der Waals surface area contributed by atoms with Crippen molar-refractivity contribution >= 4 is 5.71 Å². The van der Waals surface area contributed by atoms with Crippen molar-refractivity contribution in [2.75, 3.05) is 0 Å². The summed E-state index contributed by atoms with van der Waals surface area (Å²) in [6.07, 6.45) is 6.95. The fourth-order valence-electron chi connectivity index (χ4n) is 5.06. The number of oxime groups is 1. The lowest BCUT2D eigenvalue weighted by molar-refractivity contribution is -0.0185. The molecule has 4 bridgehead atoms. The van der Waals surface area contributed by atoms with Gasteiger partial charge in [-0.05, 0) is 63.2 Å². The Morgan fingerprint density at radius 3 is 1.88 bits per heavy atom. The SMILES string of the molecule is C[C@H](O)/C(=N\O)C12CC3CC(CC(C3)C1)C2. The van der Waals surface area contributed by atoms with Gasteiger partial charge in [0.25, 0.3) is 0 Å². The van der Waals surface area contributed by atoms with Gasteiger partial charge < -0.3 is 10.3 Å². The van der Waals surface area contributed by atoms with Crippen molar-refractivity contribution in [3.05, 3.63) is 0 Å². The predicted molar refractivity (Wildman–Crippen MR) is 61.5 cm³/mol. The summed E-state index contributed by atoms with van der Waals surface area (Å²) in [5.41, 5.74) is 0.698. The fourth-order valence-corrected chi connectivity index (χ4v) is 5.06. The monoisotopic (exact) mass is 223 g/mol. The summed E-state index contributed by atoms with van der Waals surface area (Å²) in [7, 11) is 0. The minimum Gasteiger partial charge on any atom is -0.411 e. The van der Waals surface area contributed by atoms with Gasteiger partial charge in [0.15, 0.2) is 0 Å². The Hall–Kier alpha value is -0.570. The van der Waals surface area contributed by atoms with Crippen LogP contribution in [0.3, 0.4) is 0 Å². The molecule has 0 aromatic carbocycles. The number of rotatable bonds is 2. The van der Waals surface area contributed by atoms with Crippen LogP contribution in [0.4, 0.5) is 0 Å². The molecular weight excluding hydrogens is 202 g/mol. The molecule has 2 N–H and O–H groups in total. The topological polar surface area (TPSA) is 52.8 Å². The van der Waals surface area contributed by atoms with Crippen LogP contribution in [0.1, 0.15) is 45.4 Å². The van der Waals surface area contributed by atoms with Gasteiger partial charge in [0.05, 0.1) is 11.8 Å². The first kappa shape index (κ1) is 10.6. The molecule has 0 spiro atoms. The molecule has 4 aliphatic carbocycles. The summed E-state index contributed by atoms with van der Waals surface area (Å²) < 4.78 is 0. The zero-order valence-electron chi connectivity index (χ0n) is 9.89. The smallest absolute Gasteiger partial charge is 0.0931 e. The molecule has 3 nitrogen and oxygen atoms in total. The summed E-state index contributed by atoms with van der Waals surface area (Å²) in [4.78, 5) is 0. The standard InChI is InChI=1S/C13H21NO2/c1-8(15)12(14-16)13-5-9-2-10(6-13)4-11(3-9)7-13/h8-11,15-16H,2-7H2,1H3/b14-12+/t8-,9?,10?,11?,13?/m0/s1. The lowest BCUT2D eigenvalue weighted by atomic mass is 9.48. The third kappa shape index (κ3) is 1.41. The van der Waals surface area contributed by atoms with Gasteiger partial charge in [0.2, 0.25) is 0 Å². The fraction of sp³-hybridized carbons (Fsp3) is 0.923. The van der Waals surface area contributed by atoms with Gasteiger partial charge in [-0.1, -0.05) is 5.16 Å². The van der Waals surface area contributed by atoms with E-state index in [0.717, 1.165) is 37.0 Å². The van der Waals surface area contributed by atoms with Crippen molar-refractivity contribution < 1.29 is 10.3 Å². The van der Waals surface area contributed by atoms with Crippen LogP contribution < -0.4 is 0 Å². The van der Waals surface area contributed by atoms with Crippen LogP contribution in [0.15, 0.2) is 5.16 Å². The van der Waals surface area contributed by atoms with E-state index in [-0.39, 0.29) is 5.41 Å². The molecule has 0 unspecified atom stereocenters. The number of hydrogen-bond donors (Lipinski definition) is 2. The Labute approximate surface area is 96.5 Å². The normalized spacial score (nSPS) is 48.4. The molecule has 0 heterocycles. The molecule has 0 saturated heterocycles. The maximum atomic E-state index is 9.78. The Bertz CT molecular complexity index is 287.